The Morgan fingerprint density at radius 1 is 1.17 bits per heavy atom. The van der Waals surface area contributed by atoms with Crippen LogP contribution in [0.15, 0.2) is 41.1 Å². The Labute approximate surface area is 113 Å². The molecule has 18 heavy (non-hydrogen) atoms. The summed E-state index contributed by atoms with van der Waals surface area (Å²) in [5.41, 5.74) is 4.46. The molecule has 2 aromatic rings. The summed E-state index contributed by atoms with van der Waals surface area (Å²) in [7, 11) is 0. The molecule has 0 saturated heterocycles. The van der Waals surface area contributed by atoms with E-state index in [1.807, 2.05) is 0 Å². The number of fused-ring (bicyclic) bond motifs is 1. The van der Waals surface area contributed by atoms with Crippen LogP contribution in [-0.4, -0.2) is 0 Å². The molecule has 0 aliphatic heterocycles. The molecule has 1 N–H and O–H groups in total. The first kappa shape index (κ1) is 11.9. The maximum absolute atomic E-state index is 3.73. The normalized spacial score (nSPS) is 19.2. The topological polar surface area (TPSA) is 12.0 Å². The third kappa shape index (κ3) is 2.65. The van der Waals surface area contributed by atoms with Gasteiger partial charge in [0, 0.05) is 12.6 Å². The highest BCUT2D eigenvalue weighted by Crippen LogP contribution is 2.28. The quantitative estimate of drug-likeness (QED) is 0.808. The van der Waals surface area contributed by atoms with Crippen LogP contribution in [-0.2, 0) is 13.0 Å². The zero-order valence-corrected chi connectivity index (χ0v) is 11.4. The van der Waals surface area contributed by atoms with Gasteiger partial charge in [-0.05, 0) is 52.8 Å². The van der Waals surface area contributed by atoms with Gasteiger partial charge in [-0.25, -0.2) is 0 Å². The van der Waals surface area contributed by atoms with Crippen molar-refractivity contribution >= 4 is 11.3 Å². The van der Waals surface area contributed by atoms with Gasteiger partial charge in [0.1, 0.15) is 0 Å². The van der Waals surface area contributed by atoms with Crippen LogP contribution in [0.3, 0.4) is 0 Å². The summed E-state index contributed by atoms with van der Waals surface area (Å²) in [6, 6.07) is 11.7. The van der Waals surface area contributed by atoms with E-state index < -0.39 is 0 Å². The fourth-order valence-electron chi connectivity index (χ4n) is 2.77. The van der Waals surface area contributed by atoms with Crippen molar-refractivity contribution in [3.8, 4) is 0 Å². The highest BCUT2D eigenvalue weighted by atomic mass is 32.1. The summed E-state index contributed by atoms with van der Waals surface area (Å²) in [5.74, 6) is 0. The molecule has 1 aliphatic rings. The molecule has 1 atom stereocenters. The van der Waals surface area contributed by atoms with Gasteiger partial charge in [-0.2, -0.15) is 11.3 Å². The van der Waals surface area contributed by atoms with Crippen LogP contribution < -0.4 is 5.32 Å². The molecule has 0 saturated carbocycles. The first-order chi connectivity index (χ1) is 8.93. The van der Waals surface area contributed by atoms with Gasteiger partial charge in [-0.3, -0.25) is 0 Å². The zero-order valence-electron chi connectivity index (χ0n) is 10.6. The van der Waals surface area contributed by atoms with Gasteiger partial charge in [0.05, 0.1) is 0 Å². The molecule has 94 valence electrons. The third-order valence-electron chi connectivity index (χ3n) is 3.75. The maximum Gasteiger partial charge on any atom is 0.0325 e. The second-order valence-electron chi connectivity index (χ2n) is 5.01. The Kier molecular flexibility index (Phi) is 3.77. The summed E-state index contributed by atoms with van der Waals surface area (Å²) in [4.78, 5) is 0. The molecular formula is C16H19NS. The summed E-state index contributed by atoms with van der Waals surface area (Å²) in [6.07, 6.45) is 5.16. The molecule has 0 amide bonds. The van der Waals surface area contributed by atoms with Crippen molar-refractivity contribution in [1.29, 1.82) is 0 Å². The van der Waals surface area contributed by atoms with E-state index in [2.05, 4.69) is 46.4 Å². The molecule has 0 fully saturated rings. The number of rotatable bonds is 3. The molecule has 0 bridgehead atoms. The lowest BCUT2D eigenvalue weighted by atomic mass is 9.99. The molecule has 0 radical (unpaired) electrons. The Hall–Kier alpha value is -1.12. The van der Waals surface area contributed by atoms with Gasteiger partial charge in [0.2, 0.25) is 0 Å². The van der Waals surface area contributed by atoms with Crippen molar-refractivity contribution < 1.29 is 0 Å². The highest BCUT2D eigenvalue weighted by molar-refractivity contribution is 7.07. The van der Waals surface area contributed by atoms with Gasteiger partial charge in [-0.1, -0.05) is 30.7 Å². The molecule has 1 aromatic carbocycles. The molecule has 1 aliphatic carbocycles. The first-order valence-electron chi connectivity index (χ1n) is 6.76. The minimum atomic E-state index is 0.531. The van der Waals surface area contributed by atoms with Gasteiger partial charge >= 0.3 is 0 Å². The van der Waals surface area contributed by atoms with Crippen LogP contribution >= 0.6 is 11.3 Å². The Morgan fingerprint density at radius 2 is 2.11 bits per heavy atom. The fraction of sp³-hybridized carbons (Fsp3) is 0.375. The van der Waals surface area contributed by atoms with Gasteiger partial charge in [-0.15, -0.1) is 0 Å². The van der Waals surface area contributed by atoms with Crippen molar-refractivity contribution in [2.75, 3.05) is 0 Å². The highest BCUT2D eigenvalue weighted by Gasteiger charge is 2.17. The third-order valence-corrected chi connectivity index (χ3v) is 4.48. The van der Waals surface area contributed by atoms with E-state index in [1.165, 1.54) is 42.4 Å². The van der Waals surface area contributed by atoms with Crippen LogP contribution in [0.1, 0.15) is 42.0 Å². The van der Waals surface area contributed by atoms with Crippen molar-refractivity contribution in [2.24, 2.45) is 0 Å². The summed E-state index contributed by atoms with van der Waals surface area (Å²) < 4.78 is 0. The molecule has 3 rings (SSSR count). The summed E-state index contributed by atoms with van der Waals surface area (Å²) in [5, 5.41) is 8.11. The first-order valence-corrected chi connectivity index (χ1v) is 7.70. The van der Waals surface area contributed by atoms with Crippen molar-refractivity contribution in [3.63, 3.8) is 0 Å². The van der Waals surface area contributed by atoms with E-state index in [-0.39, 0.29) is 0 Å². The Balaban J connectivity index is 1.75. The summed E-state index contributed by atoms with van der Waals surface area (Å²) in [6.45, 7) is 0.989. The maximum atomic E-state index is 3.73. The fourth-order valence-corrected chi connectivity index (χ4v) is 3.44. The van der Waals surface area contributed by atoms with Crippen molar-refractivity contribution in [1.82, 2.24) is 5.32 Å². The number of benzene rings is 1. The van der Waals surface area contributed by atoms with Gasteiger partial charge in [0.25, 0.3) is 0 Å². The number of hydrogen-bond donors (Lipinski definition) is 1. The lowest BCUT2D eigenvalue weighted by Crippen LogP contribution is -2.20. The van der Waals surface area contributed by atoms with E-state index in [0.717, 1.165) is 6.54 Å². The van der Waals surface area contributed by atoms with Crippen LogP contribution in [0.25, 0.3) is 0 Å². The second-order valence-corrected chi connectivity index (χ2v) is 5.79. The average molecular weight is 257 g/mol. The van der Waals surface area contributed by atoms with E-state index in [9.17, 15) is 0 Å². The molecule has 1 aromatic heterocycles. The number of nitrogens with one attached hydrogen (secondary N) is 1. The van der Waals surface area contributed by atoms with Crippen LogP contribution in [0.4, 0.5) is 0 Å². The van der Waals surface area contributed by atoms with Crippen LogP contribution in [0, 0.1) is 0 Å². The summed E-state index contributed by atoms with van der Waals surface area (Å²) >= 11 is 1.78. The predicted molar refractivity (Wildman–Crippen MR) is 77.9 cm³/mol. The van der Waals surface area contributed by atoms with Crippen molar-refractivity contribution in [2.45, 2.75) is 38.3 Å². The molecule has 0 spiro atoms. The van der Waals surface area contributed by atoms with E-state index in [4.69, 9.17) is 0 Å². The minimum Gasteiger partial charge on any atom is -0.306 e. The number of hydrogen-bond acceptors (Lipinski definition) is 2. The van der Waals surface area contributed by atoms with E-state index >= 15 is 0 Å². The molecule has 1 heterocycles. The Morgan fingerprint density at radius 3 is 3.00 bits per heavy atom. The lowest BCUT2D eigenvalue weighted by molar-refractivity contribution is 0.489. The SMILES string of the molecule is c1ccc2c(c1)CCCCC2NCc1ccsc1. The standard InChI is InChI=1S/C16H19NS/c1-3-7-15-14(5-1)6-2-4-8-16(15)17-11-13-9-10-18-12-13/h1,3,5,7,9-10,12,16-17H,2,4,6,8,11H2. The van der Waals surface area contributed by atoms with Gasteiger partial charge < -0.3 is 5.32 Å². The van der Waals surface area contributed by atoms with Crippen molar-refractivity contribution in [3.05, 3.63) is 57.8 Å². The minimum absolute atomic E-state index is 0.531. The Bertz CT molecular complexity index is 490. The van der Waals surface area contributed by atoms with E-state index in [1.54, 1.807) is 11.3 Å². The monoisotopic (exact) mass is 257 g/mol. The van der Waals surface area contributed by atoms with Crippen LogP contribution in [0.2, 0.25) is 0 Å². The predicted octanol–water partition coefficient (Wildman–Crippen LogP) is 4.31. The molecular weight excluding hydrogens is 238 g/mol. The number of thiophene rings is 1. The molecule has 1 unspecified atom stereocenters. The molecule has 1 nitrogen and oxygen atoms in total. The largest absolute Gasteiger partial charge is 0.306 e. The van der Waals surface area contributed by atoms with E-state index in [0.29, 0.717) is 6.04 Å². The lowest BCUT2D eigenvalue weighted by Gasteiger charge is -2.19. The zero-order chi connectivity index (χ0) is 12.2. The average Bonchev–Trinajstić information content (AvgIpc) is 2.84. The molecule has 2 heteroatoms. The van der Waals surface area contributed by atoms with Crippen LogP contribution in [0.5, 0.6) is 0 Å². The number of aryl methyl sites for hydroxylation is 1. The smallest absolute Gasteiger partial charge is 0.0325 e. The second kappa shape index (κ2) is 5.68. The van der Waals surface area contributed by atoms with Gasteiger partial charge in [0.15, 0.2) is 0 Å².